The second kappa shape index (κ2) is 8.20. The molecule has 27 heavy (non-hydrogen) atoms. The number of aliphatic hydroxyl groups excluding tert-OH is 1. The topological polar surface area (TPSA) is 86.9 Å². The third-order valence-corrected chi connectivity index (χ3v) is 5.67. The Hall–Kier alpha value is -2.23. The lowest BCUT2D eigenvalue weighted by molar-refractivity contribution is -0.121. The molecule has 1 saturated heterocycles. The van der Waals surface area contributed by atoms with Gasteiger partial charge < -0.3 is 10.4 Å². The van der Waals surface area contributed by atoms with E-state index in [1.54, 1.807) is 24.4 Å². The number of thioether (sulfide) groups is 1. The van der Waals surface area contributed by atoms with E-state index in [1.807, 2.05) is 13.8 Å². The first kappa shape index (κ1) is 19.5. The first-order valence-electron chi connectivity index (χ1n) is 8.64. The molecule has 2 N–H and O–H groups in total. The highest BCUT2D eigenvalue weighted by atomic mass is 32.2. The Morgan fingerprint density at radius 1 is 1.37 bits per heavy atom. The number of carbonyl (C=O) groups excluding carboxylic acids is 1. The number of hydrogen-bond acceptors (Lipinski definition) is 7. The number of anilines is 1. The largest absolute Gasteiger partial charge is 0.394 e. The van der Waals surface area contributed by atoms with E-state index in [0.29, 0.717) is 33.7 Å². The highest BCUT2D eigenvalue weighted by Gasteiger charge is 2.31. The summed E-state index contributed by atoms with van der Waals surface area (Å²) in [4.78, 5) is 32.0. The van der Waals surface area contributed by atoms with Crippen LogP contribution in [0.3, 0.4) is 0 Å². The predicted octanol–water partition coefficient (Wildman–Crippen LogP) is 2.10. The number of pyridine rings is 1. The third kappa shape index (κ3) is 3.76. The van der Waals surface area contributed by atoms with Crippen molar-refractivity contribution >= 4 is 51.7 Å². The fraction of sp³-hybridized carbons (Fsp3) is 0.333. The van der Waals surface area contributed by atoms with Gasteiger partial charge in [0.25, 0.3) is 11.5 Å². The maximum absolute atomic E-state index is 13.0. The van der Waals surface area contributed by atoms with Crippen molar-refractivity contribution in [3.05, 3.63) is 45.2 Å². The lowest BCUT2D eigenvalue weighted by Crippen LogP contribution is -2.28. The van der Waals surface area contributed by atoms with Gasteiger partial charge in [-0.1, -0.05) is 37.0 Å². The number of rotatable bonds is 6. The number of amides is 1. The molecular weight excluding hydrogens is 384 g/mol. The van der Waals surface area contributed by atoms with E-state index in [9.17, 15) is 14.7 Å². The van der Waals surface area contributed by atoms with Gasteiger partial charge in [-0.2, -0.15) is 0 Å². The minimum Gasteiger partial charge on any atom is -0.394 e. The van der Waals surface area contributed by atoms with Gasteiger partial charge in [-0.3, -0.25) is 18.9 Å². The zero-order valence-corrected chi connectivity index (χ0v) is 16.6. The number of likely N-dealkylation sites (N-methyl/N-ethyl adjacent to an activating group) is 1. The summed E-state index contributed by atoms with van der Waals surface area (Å²) in [5.74, 6) is 0.124. The van der Waals surface area contributed by atoms with Crippen LogP contribution in [-0.4, -0.2) is 48.8 Å². The van der Waals surface area contributed by atoms with Gasteiger partial charge in [-0.15, -0.1) is 0 Å². The van der Waals surface area contributed by atoms with Crippen molar-refractivity contribution in [2.75, 3.05) is 18.5 Å². The number of aliphatic hydroxyl groups is 1. The molecule has 0 unspecified atom stereocenters. The SMILES string of the molecule is CC[C@@H](CO)Nc1nc2ccccn2c(=O)c1/C=C1\SC(=S)N(CC)C1=O. The minimum absolute atomic E-state index is 0.0935. The highest BCUT2D eigenvalue weighted by Crippen LogP contribution is 2.32. The Morgan fingerprint density at radius 3 is 2.78 bits per heavy atom. The number of carbonyl (C=O) groups is 1. The summed E-state index contributed by atoms with van der Waals surface area (Å²) in [6.07, 6.45) is 3.83. The average Bonchev–Trinajstić information content (AvgIpc) is 2.95. The van der Waals surface area contributed by atoms with Crippen molar-refractivity contribution in [1.29, 1.82) is 0 Å². The first-order chi connectivity index (χ1) is 13.0. The number of hydrogen-bond donors (Lipinski definition) is 2. The lowest BCUT2D eigenvalue weighted by Gasteiger charge is -2.17. The molecule has 0 spiro atoms. The van der Waals surface area contributed by atoms with E-state index >= 15 is 0 Å². The van der Waals surface area contributed by atoms with Gasteiger partial charge in [-0.25, -0.2) is 4.98 Å². The summed E-state index contributed by atoms with van der Waals surface area (Å²) in [6.45, 7) is 4.16. The van der Waals surface area contributed by atoms with Crippen molar-refractivity contribution in [2.24, 2.45) is 0 Å². The zero-order valence-electron chi connectivity index (χ0n) is 15.0. The second-order valence-corrected chi connectivity index (χ2v) is 7.64. The molecule has 9 heteroatoms. The maximum Gasteiger partial charge on any atom is 0.267 e. The van der Waals surface area contributed by atoms with Crippen molar-refractivity contribution < 1.29 is 9.90 Å². The smallest absolute Gasteiger partial charge is 0.267 e. The summed E-state index contributed by atoms with van der Waals surface area (Å²) in [7, 11) is 0. The molecule has 1 fully saturated rings. The molecule has 1 aliphatic heterocycles. The van der Waals surface area contributed by atoms with Crippen LogP contribution < -0.4 is 10.9 Å². The van der Waals surface area contributed by atoms with Gasteiger partial charge in [0, 0.05) is 12.7 Å². The molecule has 1 atom stereocenters. The Kier molecular flexibility index (Phi) is 5.93. The maximum atomic E-state index is 13.0. The molecule has 0 aliphatic carbocycles. The molecule has 0 bridgehead atoms. The Labute approximate surface area is 166 Å². The first-order valence-corrected chi connectivity index (χ1v) is 9.86. The molecule has 3 rings (SSSR count). The number of thiocarbonyl (C=S) groups is 1. The van der Waals surface area contributed by atoms with Crippen LogP contribution in [0.15, 0.2) is 34.1 Å². The van der Waals surface area contributed by atoms with Gasteiger partial charge in [0.2, 0.25) is 0 Å². The van der Waals surface area contributed by atoms with Crippen LogP contribution >= 0.6 is 24.0 Å². The summed E-state index contributed by atoms with van der Waals surface area (Å²) >= 11 is 6.41. The van der Waals surface area contributed by atoms with Crippen molar-refractivity contribution in [2.45, 2.75) is 26.3 Å². The quantitative estimate of drug-likeness (QED) is 0.563. The second-order valence-electron chi connectivity index (χ2n) is 5.97. The van der Waals surface area contributed by atoms with Crippen LogP contribution in [0.4, 0.5) is 5.82 Å². The number of nitrogens with zero attached hydrogens (tertiary/aromatic N) is 3. The Morgan fingerprint density at radius 2 is 2.15 bits per heavy atom. The van der Waals surface area contributed by atoms with Gasteiger partial charge in [0.15, 0.2) is 0 Å². The van der Waals surface area contributed by atoms with Crippen LogP contribution in [0.25, 0.3) is 11.7 Å². The van der Waals surface area contributed by atoms with Crippen molar-refractivity contribution in [3.8, 4) is 0 Å². The molecule has 2 aromatic rings. The van der Waals surface area contributed by atoms with Gasteiger partial charge in [0.05, 0.1) is 23.1 Å². The van der Waals surface area contributed by atoms with Gasteiger partial charge >= 0.3 is 0 Å². The minimum atomic E-state index is -0.294. The average molecular weight is 405 g/mol. The fourth-order valence-electron chi connectivity index (χ4n) is 2.72. The summed E-state index contributed by atoms with van der Waals surface area (Å²) in [5, 5.41) is 12.6. The molecule has 1 amide bonds. The monoisotopic (exact) mass is 404 g/mol. The molecule has 0 radical (unpaired) electrons. The van der Waals surface area contributed by atoms with Crippen LogP contribution in [0.5, 0.6) is 0 Å². The normalized spacial score (nSPS) is 17.1. The Bertz CT molecular complexity index is 982. The van der Waals surface area contributed by atoms with E-state index in [1.165, 1.54) is 27.1 Å². The van der Waals surface area contributed by atoms with Crippen LogP contribution in [0, 0.1) is 0 Å². The van der Waals surface area contributed by atoms with Crippen LogP contribution in [0.1, 0.15) is 25.8 Å². The molecule has 7 nitrogen and oxygen atoms in total. The molecule has 0 aromatic carbocycles. The lowest BCUT2D eigenvalue weighted by atomic mass is 10.2. The number of aromatic nitrogens is 2. The molecule has 1 aliphatic rings. The Balaban J connectivity index is 2.16. The van der Waals surface area contributed by atoms with E-state index in [0.717, 1.165) is 0 Å². The summed E-state index contributed by atoms with van der Waals surface area (Å²) in [5.41, 5.74) is 0.455. The fourth-order valence-corrected chi connectivity index (χ4v) is 4.08. The molecular formula is C18H20N4O3S2. The van der Waals surface area contributed by atoms with E-state index in [4.69, 9.17) is 12.2 Å². The summed E-state index contributed by atoms with van der Waals surface area (Å²) in [6, 6.07) is 5.01. The standard InChI is InChI=1S/C18H20N4O3S2/c1-3-11(10-23)19-15-12(9-13-17(25)21(4-2)18(26)27-13)16(24)22-8-6-5-7-14(22)20-15/h5-9,11,19,23H,3-4,10H2,1-2H3/b13-9-/t11-/m0/s1. The van der Waals surface area contributed by atoms with E-state index in [-0.39, 0.29) is 29.7 Å². The highest BCUT2D eigenvalue weighted by molar-refractivity contribution is 8.26. The van der Waals surface area contributed by atoms with E-state index in [2.05, 4.69) is 10.3 Å². The predicted molar refractivity (Wildman–Crippen MR) is 112 cm³/mol. The molecule has 3 heterocycles. The van der Waals surface area contributed by atoms with Gasteiger partial charge in [0.1, 0.15) is 15.8 Å². The third-order valence-electron chi connectivity index (χ3n) is 4.29. The van der Waals surface area contributed by atoms with Crippen molar-refractivity contribution in [1.82, 2.24) is 14.3 Å². The molecule has 2 aromatic heterocycles. The molecule has 0 saturated carbocycles. The van der Waals surface area contributed by atoms with Crippen LogP contribution in [0.2, 0.25) is 0 Å². The number of fused-ring (bicyclic) bond motifs is 1. The van der Waals surface area contributed by atoms with Crippen LogP contribution in [-0.2, 0) is 4.79 Å². The van der Waals surface area contributed by atoms with E-state index < -0.39 is 0 Å². The van der Waals surface area contributed by atoms with Gasteiger partial charge in [-0.05, 0) is 31.6 Å². The zero-order chi connectivity index (χ0) is 19.6. The van der Waals surface area contributed by atoms with Crippen molar-refractivity contribution in [3.63, 3.8) is 0 Å². The number of nitrogens with one attached hydrogen (secondary N) is 1. The summed E-state index contributed by atoms with van der Waals surface area (Å²) < 4.78 is 1.90. The molecule has 142 valence electrons.